The van der Waals surface area contributed by atoms with E-state index in [0.29, 0.717) is 17.8 Å². The number of benzene rings is 1. The third-order valence-corrected chi connectivity index (χ3v) is 2.35. The maximum absolute atomic E-state index is 9.16. The highest BCUT2D eigenvalue weighted by atomic mass is 16.5. The lowest BCUT2D eigenvalue weighted by atomic mass is 9.79. The van der Waals surface area contributed by atoms with Gasteiger partial charge in [-0.25, -0.2) is 0 Å². The molecule has 0 aliphatic rings. The van der Waals surface area contributed by atoms with E-state index in [1.54, 1.807) is 35.1 Å². The minimum absolute atomic E-state index is 0.345. The highest BCUT2D eigenvalue weighted by molar-refractivity contribution is 6.59. The third kappa shape index (κ3) is 2.86. The normalized spacial score (nSPS) is 10.3. The number of para-hydroxylation sites is 1. The summed E-state index contributed by atoms with van der Waals surface area (Å²) < 4.78 is 7.21. The molecule has 2 N–H and O–H groups in total. The van der Waals surface area contributed by atoms with Gasteiger partial charge in [0.25, 0.3) is 0 Å². The second kappa shape index (κ2) is 5.03. The van der Waals surface area contributed by atoms with Crippen LogP contribution >= 0.6 is 0 Å². The predicted octanol–water partition coefficient (Wildman–Crippen LogP) is -0.321. The second-order valence-electron chi connectivity index (χ2n) is 3.72. The summed E-state index contributed by atoms with van der Waals surface area (Å²) in [5.41, 5.74) is 1.28. The first-order valence-corrected chi connectivity index (χ1v) is 5.22. The van der Waals surface area contributed by atoms with Crippen LogP contribution in [0.25, 0.3) is 0 Å². The largest absolute Gasteiger partial charge is 0.492 e. The molecule has 0 aliphatic heterocycles. The summed E-state index contributed by atoms with van der Waals surface area (Å²) in [5, 5.41) is 22.4. The fourth-order valence-corrected chi connectivity index (χ4v) is 1.53. The SMILES string of the molecule is Cn1cc(COc2ccccc2B(O)O)cn1. The summed E-state index contributed by atoms with van der Waals surface area (Å²) in [7, 11) is 0.301. The quantitative estimate of drug-likeness (QED) is 0.709. The van der Waals surface area contributed by atoms with E-state index in [1.807, 2.05) is 13.2 Å². The van der Waals surface area contributed by atoms with E-state index in [2.05, 4.69) is 5.10 Å². The molecule has 0 spiro atoms. The lowest BCUT2D eigenvalue weighted by Gasteiger charge is -2.09. The van der Waals surface area contributed by atoms with Gasteiger partial charge in [-0.2, -0.15) is 5.10 Å². The van der Waals surface area contributed by atoms with Crippen LogP contribution in [-0.4, -0.2) is 26.9 Å². The Hall–Kier alpha value is -1.79. The molecule has 2 aromatic rings. The van der Waals surface area contributed by atoms with Gasteiger partial charge in [0.1, 0.15) is 12.4 Å². The summed E-state index contributed by atoms with van der Waals surface area (Å²) in [4.78, 5) is 0. The highest BCUT2D eigenvalue weighted by Gasteiger charge is 2.16. The van der Waals surface area contributed by atoms with E-state index in [-0.39, 0.29) is 0 Å². The molecule has 0 amide bonds. The molecule has 0 saturated heterocycles. The molecule has 0 aliphatic carbocycles. The van der Waals surface area contributed by atoms with Crippen molar-refractivity contribution in [1.82, 2.24) is 9.78 Å². The monoisotopic (exact) mass is 232 g/mol. The van der Waals surface area contributed by atoms with Gasteiger partial charge in [-0.1, -0.05) is 18.2 Å². The van der Waals surface area contributed by atoms with Gasteiger partial charge >= 0.3 is 7.12 Å². The highest BCUT2D eigenvalue weighted by Crippen LogP contribution is 2.10. The molecule has 1 aromatic heterocycles. The first kappa shape index (κ1) is 11.7. The zero-order valence-corrected chi connectivity index (χ0v) is 9.45. The lowest BCUT2D eigenvalue weighted by molar-refractivity contribution is 0.306. The van der Waals surface area contributed by atoms with E-state index in [1.165, 1.54) is 0 Å². The minimum Gasteiger partial charge on any atom is -0.489 e. The molecule has 1 heterocycles. The number of aromatic nitrogens is 2. The minimum atomic E-state index is -1.53. The number of hydrogen-bond donors (Lipinski definition) is 2. The topological polar surface area (TPSA) is 67.5 Å². The van der Waals surface area contributed by atoms with Crippen molar-refractivity contribution in [1.29, 1.82) is 0 Å². The van der Waals surface area contributed by atoms with Crippen molar-refractivity contribution in [2.75, 3.05) is 0 Å². The Kier molecular flexibility index (Phi) is 3.46. The van der Waals surface area contributed by atoms with E-state index in [0.717, 1.165) is 5.56 Å². The van der Waals surface area contributed by atoms with Crippen LogP contribution in [0.2, 0.25) is 0 Å². The fraction of sp³-hybridized carbons (Fsp3) is 0.182. The molecule has 0 bridgehead atoms. The molecule has 0 unspecified atom stereocenters. The lowest BCUT2D eigenvalue weighted by Crippen LogP contribution is -2.31. The smallest absolute Gasteiger partial charge is 0.489 e. The number of aryl methyl sites for hydroxylation is 1. The van der Waals surface area contributed by atoms with Crippen molar-refractivity contribution in [3.05, 3.63) is 42.2 Å². The van der Waals surface area contributed by atoms with E-state index < -0.39 is 7.12 Å². The van der Waals surface area contributed by atoms with Gasteiger partial charge in [0, 0.05) is 24.3 Å². The van der Waals surface area contributed by atoms with Crippen LogP contribution in [0.1, 0.15) is 5.56 Å². The first-order chi connectivity index (χ1) is 8.16. The Bertz CT molecular complexity index is 499. The second-order valence-corrected chi connectivity index (χ2v) is 3.72. The molecular formula is C11H13BN2O3. The Morgan fingerprint density at radius 2 is 2.12 bits per heavy atom. The van der Waals surface area contributed by atoms with Crippen LogP contribution in [0.4, 0.5) is 0 Å². The van der Waals surface area contributed by atoms with E-state index in [4.69, 9.17) is 14.8 Å². The van der Waals surface area contributed by atoms with Crippen LogP contribution in [0.5, 0.6) is 5.75 Å². The predicted molar refractivity (Wildman–Crippen MR) is 63.8 cm³/mol. The molecule has 6 heteroatoms. The molecule has 0 fully saturated rings. The van der Waals surface area contributed by atoms with Gasteiger partial charge in [0.15, 0.2) is 0 Å². The zero-order valence-electron chi connectivity index (χ0n) is 9.45. The number of ether oxygens (including phenoxy) is 1. The fourth-order valence-electron chi connectivity index (χ4n) is 1.53. The van der Waals surface area contributed by atoms with Crippen molar-refractivity contribution < 1.29 is 14.8 Å². The van der Waals surface area contributed by atoms with E-state index >= 15 is 0 Å². The van der Waals surface area contributed by atoms with Crippen LogP contribution < -0.4 is 10.2 Å². The average Bonchev–Trinajstić information content (AvgIpc) is 2.73. The van der Waals surface area contributed by atoms with Crippen molar-refractivity contribution in [2.24, 2.45) is 7.05 Å². The summed E-state index contributed by atoms with van der Waals surface area (Å²) >= 11 is 0. The molecule has 5 nitrogen and oxygen atoms in total. The van der Waals surface area contributed by atoms with Crippen molar-refractivity contribution in [3.63, 3.8) is 0 Å². The molecule has 88 valence electrons. The molecule has 0 atom stereocenters. The molecule has 0 saturated carbocycles. The van der Waals surface area contributed by atoms with Crippen LogP contribution in [0, 0.1) is 0 Å². The third-order valence-electron chi connectivity index (χ3n) is 2.35. The van der Waals surface area contributed by atoms with Gasteiger partial charge in [-0.05, 0) is 6.07 Å². The summed E-state index contributed by atoms with van der Waals surface area (Å²) in [6.07, 6.45) is 3.55. The number of nitrogens with zero attached hydrogens (tertiary/aromatic N) is 2. The Morgan fingerprint density at radius 3 is 2.76 bits per heavy atom. The average molecular weight is 232 g/mol. The van der Waals surface area contributed by atoms with Crippen molar-refractivity contribution in [3.8, 4) is 5.75 Å². The summed E-state index contributed by atoms with van der Waals surface area (Å²) in [6, 6.07) is 6.82. The molecular weight excluding hydrogens is 219 g/mol. The maximum atomic E-state index is 9.16. The Morgan fingerprint density at radius 1 is 1.35 bits per heavy atom. The van der Waals surface area contributed by atoms with Gasteiger partial charge in [-0.15, -0.1) is 0 Å². The number of rotatable bonds is 4. The van der Waals surface area contributed by atoms with Crippen LogP contribution in [0.15, 0.2) is 36.7 Å². The van der Waals surface area contributed by atoms with Gasteiger partial charge in [0.2, 0.25) is 0 Å². The summed E-state index contributed by atoms with van der Waals surface area (Å²) in [6.45, 7) is 0.345. The Labute approximate surface area is 99.4 Å². The van der Waals surface area contributed by atoms with Crippen LogP contribution in [0.3, 0.4) is 0 Å². The molecule has 0 radical (unpaired) electrons. The first-order valence-electron chi connectivity index (χ1n) is 5.22. The summed E-state index contributed by atoms with van der Waals surface area (Å²) in [5.74, 6) is 0.464. The van der Waals surface area contributed by atoms with Crippen molar-refractivity contribution >= 4 is 12.6 Å². The number of hydrogen-bond acceptors (Lipinski definition) is 4. The zero-order chi connectivity index (χ0) is 12.3. The van der Waals surface area contributed by atoms with Crippen LogP contribution in [-0.2, 0) is 13.7 Å². The van der Waals surface area contributed by atoms with Gasteiger partial charge in [0.05, 0.1) is 6.20 Å². The van der Waals surface area contributed by atoms with Gasteiger partial charge < -0.3 is 14.8 Å². The molecule has 2 rings (SSSR count). The van der Waals surface area contributed by atoms with Gasteiger partial charge in [-0.3, -0.25) is 4.68 Å². The van der Waals surface area contributed by atoms with E-state index in [9.17, 15) is 0 Å². The Balaban J connectivity index is 2.08. The molecule has 17 heavy (non-hydrogen) atoms. The maximum Gasteiger partial charge on any atom is 0.492 e. The standard InChI is InChI=1S/C11H13BN2O3/c1-14-7-9(6-13-14)8-17-11-5-3-2-4-10(11)12(15)16/h2-7,15-16H,8H2,1H3. The molecule has 1 aromatic carbocycles. The van der Waals surface area contributed by atoms with Crippen molar-refractivity contribution in [2.45, 2.75) is 6.61 Å².